The summed E-state index contributed by atoms with van der Waals surface area (Å²) >= 11 is 2.42. The first-order valence-corrected chi connectivity index (χ1v) is 6.73. The Bertz CT molecular complexity index is 718. The number of nitrogens with zero attached hydrogens (tertiary/aromatic N) is 1. The van der Waals surface area contributed by atoms with E-state index in [2.05, 4.69) is 21.0 Å². The third-order valence-corrected chi connectivity index (χ3v) is 3.53. The van der Waals surface area contributed by atoms with E-state index < -0.39 is 33.4 Å². The molecule has 0 aliphatic rings. The van der Waals surface area contributed by atoms with Gasteiger partial charge in [0.1, 0.15) is 11.4 Å². The second-order valence-electron chi connectivity index (χ2n) is 4.30. The maximum atomic E-state index is 13.6. The number of rotatable bonds is 3. The summed E-state index contributed by atoms with van der Waals surface area (Å²) in [5.41, 5.74) is 1.79. The van der Waals surface area contributed by atoms with Crippen LogP contribution in [0.2, 0.25) is 0 Å². The lowest BCUT2D eigenvalue weighted by molar-refractivity contribution is 0.451. The number of phenolic OH excluding ortho intramolecular Hbond substituents is 1. The Kier molecular flexibility index (Phi) is 4.70. The standard InChI is InChI=1S/C14H9BrF4N2O/c1-6(7-2-4-8(22)5-3-7)20-21-14-12(18)10(16)9(15)11(17)13(14)19/h2-5,21-22H,1H3/b20-6+. The van der Waals surface area contributed by atoms with Crippen LogP contribution < -0.4 is 5.43 Å². The van der Waals surface area contributed by atoms with Gasteiger partial charge in [0.2, 0.25) is 0 Å². The number of aromatic hydroxyl groups is 1. The van der Waals surface area contributed by atoms with E-state index in [1.165, 1.54) is 31.2 Å². The van der Waals surface area contributed by atoms with Gasteiger partial charge in [-0.1, -0.05) is 0 Å². The molecule has 0 aliphatic carbocycles. The topological polar surface area (TPSA) is 44.6 Å². The van der Waals surface area contributed by atoms with Crippen molar-refractivity contribution in [2.45, 2.75) is 6.92 Å². The summed E-state index contributed by atoms with van der Waals surface area (Å²) in [7, 11) is 0. The molecule has 0 saturated carbocycles. The summed E-state index contributed by atoms with van der Waals surface area (Å²) in [6, 6.07) is 5.83. The molecule has 8 heteroatoms. The van der Waals surface area contributed by atoms with Gasteiger partial charge in [-0.15, -0.1) is 0 Å². The smallest absolute Gasteiger partial charge is 0.188 e. The molecule has 0 bridgehead atoms. The van der Waals surface area contributed by atoms with E-state index in [-0.39, 0.29) is 5.75 Å². The molecule has 0 saturated heterocycles. The lowest BCUT2D eigenvalue weighted by Crippen LogP contribution is -2.06. The van der Waals surface area contributed by atoms with E-state index in [9.17, 15) is 17.6 Å². The van der Waals surface area contributed by atoms with Crippen LogP contribution in [0.25, 0.3) is 0 Å². The van der Waals surface area contributed by atoms with Crippen LogP contribution in [0, 0.1) is 23.3 Å². The minimum absolute atomic E-state index is 0.0404. The van der Waals surface area contributed by atoms with E-state index in [0.29, 0.717) is 11.3 Å². The zero-order valence-electron chi connectivity index (χ0n) is 11.1. The summed E-state index contributed by atoms with van der Waals surface area (Å²) in [5.74, 6) is -6.25. The van der Waals surface area contributed by atoms with Gasteiger partial charge in [0.25, 0.3) is 0 Å². The van der Waals surface area contributed by atoms with E-state index in [1.54, 1.807) is 0 Å². The van der Waals surface area contributed by atoms with Gasteiger partial charge >= 0.3 is 0 Å². The second-order valence-corrected chi connectivity index (χ2v) is 5.09. The van der Waals surface area contributed by atoms with Gasteiger partial charge < -0.3 is 5.11 Å². The van der Waals surface area contributed by atoms with Gasteiger partial charge in [-0.2, -0.15) is 5.10 Å². The number of benzene rings is 2. The molecule has 2 aromatic rings. The van der Waals surface area contributed by atoms with Crippen molar-refractivity contribution in [2.75, 3.05) is 5.43 Å². The molecule has 2 N–H and O–H groups in total. The molecular weight excluding hydrogens is 368 g/mol. The highest BCUT2D eigenvalue weighted by atomic mass is 79.9. The molecule has 2 aromatic carbocycles. The number of halogens is 5. The molecule has 0 spiro atoms. The van der Waals surface area contributed by atoms with Crippen LogP contribution >= 0.6 is 15.9 Å². The first-order chi connectivity index (χ1) is 10.3. The molecule has 0 unspecified atom stereocenters. The van der Waals surface area contributed by atoms with E-state index in [4.69, 9.17) is 5.11 Å². The SMILES string of the molecule is C/C(=N\Nc1c(F)c(F)c(Br)c(F)c1F)c1ccc(O)cc1. The van der Waals surface area contributed by atoms with Crippen molar-refractivity contribution in [3.63, 3.8) is 0 Å². The molecule has 0 aliphatic heterocycles. The molecule has 0 aromatic heterocycles. The zero-order valence-corrected chi connectivity index (χ0v) is 12.7. The second kappa shape index (κ2) is 6.35. The number of hydrogen-bond donors (Lipinski definition) is 2. The van der Waals surface area contributed by atoms with Crippen molar-refractivity contribution in [3.05, 3.63) is 57.6 Å². The average Bonchev–Trinajstić information content (AvgIpc) is 2.51. The highest BCUT2D eigenvalue weighted by Gasteiger charge is 2.24. The third-order valence-electron chi connectivity index (χ3n) is 2.83. The van der Waals surface area contributed by atoms with E-state index in [1.807, 2.05) is 5.43 Å². The van der Waals surface area contributed by atoms with Crippen LogP contribution in [-0.2, 0) is 0 Å². The molecule has 2 rings (SSSR count). The molecule has 0 fully saturated rings. The molecule has 3 nitrogen and oxygen atoms in total. The van der Waals surface area contributed by atoms with Crippen molar-refractivity contribution >= 4 is 27.3 Å². The Morgan fingerprint density at radius 2 is 1.50 bits per heavy atom. The minimum Gasteiger partial charge on any atom is -0.508 e. The van der Waals surface area contributed by atoms with Crippen LogP contribution in [0.1, 0.15) is 12.5 Å². The van der Waals surface area contributed by atoms with E-state index >= 15 is 0 Å². The van der Waals surface area contributed by atoms with Gasteiger partial charge in [-0.05, 0) is 52.7 Å². The fourth-order valence-corrected chi connectivity index (χ4v) is 1.96. The van der Waals surface area contributed by atoms with Crippen molar-refractivity contribution in [1.82, 2.24) is 0 Å². The van der Waals surface area contributed by atoms with Gasteiger partial charge in [-0.3, -0.25) is 5.43 Å². The molecule has 0 amide bonds. The summed E-state index contributed by atoms with van der Waals surface area (Å²) in [6.07, 6.45) is 0. The molecule has 22 heavy (non-hydrogen) atoms. The summed E-state index contributed by atoms with van der Waals surface area (Å²) in [6.45, 7) is 1.51. The Morgan fingerprint density at radius 3 is 2.00 bits per heavy atom. The first kappa shape index (κ1) is 16.3. The highest BCUT2D eigenvalue weighted by Crippen LogP contribution is 2.31. The number of anilines is 1. The van der Waals surface area contributed by atoms with Crippen LogP contribution in [-0.4, -0.2) is 10.8 Å². The number of hydrogen-bond acceptors (Lipinski definition) is 3. The molecule has 0 radical (unpaired) electrons. The van der Waals surface area contributed by atoms with Crippen LogP contribution in [0.15, 0.2) is 33.8 Å². The predicted molar refractivity (Wildman–Crippen MR) is 77.9 cm³/mol. The monoisotopic (exact) mass is 376 g/mol. The predicted octanol–water partition coefficient (Wildman–Crippen LogP) is 4.55. The Labute approximate surface area is 131 Å². The van der Waals surface area contributed by atoms with Crippen LogP contribution in [0.3, 0.4) is 0 Å². The summed E-state index contributed by atoms with van der Waals surface area (Å²) in [4.78, 5) is 0. The fraction of sp³-hybridized carbons (Fsp3) is 0.0714. The Balaban J connectivity index is 2.35. The van der Waals surface area contributed by atoms with Crippen LogP contribution in [0.5, 0.6) is 5.75 Å². The molecular formula is C14H9BrF4N2O. The average molecular weight is 377 g/mol. The first-order valence-electron chi connectivity index (χ1n) is 5.94. The van der Waals surface area contributed by atoms with Crippen molar-refractivity contribution < 1.29 is 22.7 Å². The third kappa shape index (κ3) is 3.06. The summed E-state index contributed by atoms with van der Waals surface area (Å²) in [5, 5.41) is 12.8. The lowest BCUT2D eigenvalue weighted by atomic mass is 10.1. The summed E-state index contributed by atoms with van der Waals surface area (Å²) < 4.78 is 53.1. The van der Waals surface area contributed by atoms with Gasteiger partial charge in [0, 0.05) is 0 Å². The van der Waals surface area contributed by atoms with Crippen LogP contribution in [0.4, 0.5) is 23.2 Å². The van der Waals surface area contributed by atoms with Crippen molar-refractivity contribution in [2.24, 2.45) is 5.10 Å². The van der Waals surface area contributed by atoms with Crippen molar-refractivity contribution in [1.29, 1.82) is 0 Å². The fourth-order valence-electron chi connectivity index (χ4n) is 1.61. The van der Waals surface area contributed by atoms with Gasteiger partial charge in [0.05, 0.1) is 10.2 Å². The molecule has 0 atom stereocenters. The largest absolute Gasteiger partial charge is 0.508 e. The van der Waals surface area contributed by atoms with Gasteiger partial charge in [0.15, 0.2) is 23.3 Å². The van der Waals surface area contributed by atoms with Gasteiger partial charge in [-0.25, -0.2) is 17.6 Å². The molecule has 0 heterocycles. The Hall–Kier alpha value is -2.09. The Morgan fingerprint density at radius 1 is 1.00 bits per heavy atom. The highest BCUT2D eigenvalue weighted by molar-refractivity contribution is 9.10. The number of phenols is 1. The zero-order chi connectivity index (χ0) is 16.4. The minimum atomic E-state index is -1.59. The maximum Gasteiger partial charge on any atom is 0.188 e. The lowest BCUT2D eigenvalue weighted by Gasteiger charge is -2.09. The van der Waals surface area contributed by atoms with Crippen molar-refractivity contribution in [3.8, 4) is 5.75 Å². The van der Waals surface area contributed by atoms with E-state index in [0.717, 1.165) is 0 Å². The quantitative estimate of drug-likeness (QED) is 0.271. The number of hydrazone groups is 1. The maximum absolute atomic E-state index is 13.6. The normalized spacial score (nSPS) is 11.6. The number of nitrogens with one attached hydrogen (secondary N) is 1. The molecule has 116 valence electrons.